The van der Waals surface area contributed by atoms with Gasteiger partial charge in [-0.25, -0.2) is 4.39 Å². The summed E-state index contributed by atoms with van der Waals surface area (Å²) in [6.07, 6.45) is 3.51. The monoisotopic (exact) mass is 298 g/mol. The molecule has 2 N–H and O–H groups in total. The zero-order valence-electron chi connectivity index (χ0n) is 11.6. The summed E-state index contributed by atoms with van der Waals surface area (Å²) in [6.45, 7) is 3.81. The Morgan fingerprint density at radius 3 is 2.75 bits per heavy atom. The van der Waals surface area contributed by atoms with Crippen LogP contribution in [0.25, 0.3) is 0 Å². The Bertz CT molecular complexity index is 481. The van der Waals surface area contributed by atoms with Gasteiger partial charge in [-0.3, -0.25) is 4.79 Å². The fourth-order valence-corrected chi connectivity index (χ4v) is 2.99. The van der Waals surface area contributed by atoms with E-state index in [-0.39, 0.29) is 16.3 Å². The average Bonchev–Trinajstić information content (AvgIpc) is 2.44. The molecular formula is C15H20ClFN2O. The third kappa shape index (κ3) is 3.30. The fourth-order valence-electron chi connectivity index (χ4n) is 2.81. The van der Waals surface area contributed by atoms with E-state index in [0.717, 1.165) is 38.8 Å². The van der Waals surface area contributed by atoms with Crippen LogP contribution < -0.4 is 10.6 Å². The first-order valence-corrected chi connectivity index (χ1v) is 7.42. The maximum atomic E-state index is 13.1. The van der Waals surface area contributed by atoms with E-state index in [4.69, 9.17) is 11.6 Å². The molecule has 1 amide bonds. The van der Waals surface area contributed by atoms with Crippen molar-refractivity contribution < 1.29 is 9.18 Å². The van der Waals surface area contributed by atoms with Crippen molar-refractivity contribution in [3.8, 4) is 0 Å². The highest BCUT2D eigenvalue weighted by Crippen LogP contribution is 2.35. The van der Waals surface area contributed by atoms with Crippen LogP contribution in [0.15, 0.2) is 18.2 Å². The molecule has 0 aromatic heterocycles. The number of carbonyl (C=O) groups excluding carboxylic acids is 1. The molecular weight excluding hydrogens is 279 g/mol. The molecule has 1 aromatic rings. The van der Waals surface area contributed by atoms with E-state index in [9.17, 15) is 9.18 Å². The van der Waals surface area contributed by atoms with Gasteiger partial charge in [-0.1, -0.05) is 24.9 Å². The molecule has 0 spiro atoms. The first kappa shape index (κ1) is 15.3. The second-order valence-corrected chi connectivity index (χ2v) is 5.77. The summed E-state index contributed by atoms with van der Waals surface area (Å²) in [7, 11) is 0. The minimum absolute atomic E-state index is 0.0172. The lowest BCUT2D eigenvalue weighted by Crippen LogP contribution is -2.44. The van der Waals surface area contributed by atoms with Crippen LogP contribution >= 0.6 is 11.6 Å². The number of piperidine rings is 1. The Labute approximate surface area is 123 Å². The van der Waals surface area contributed by atoms with Crippen LogP contribution in [0.4, 0.5) is 10.1 Å². The van der Waals surface area contributed by atoms with Crippen LogP contribution in [0.3, 0.4) is 0 Å². The summed E-state index contributed by atoms with van der Waals surface area (Å²) in [4.78, 5) is 12.6. The van der Waals surface area contributed by atoms with E-state index >= 15 is 0 Å². The predicted molar refractivity (Wildman–Crippen MR) is 79.5 cm³/mol. The molecule has 2 rings (SSSR count). The number of benzene rings is 1. The van der Waals surface area contributed by atoms with Crippen LogP contribution in [0.2, 0.25) is 5.02 Å². The first-order chi connectivity index (χ1) is 9.57. The summed E-state index contributed by atoms with van der Waals surface area (Å²) < 4.78 is 13.1. The molecule has 0 unspecified atom stereocenters. The number of halogens is 2. The van der Waals surface area contributed by atoms with E-state index in [1.807, 2.05) is 0 Å². The zero-order chi connectivity index (χ0) is 14.6. The number of rotatable bonds is 4. The second-order valence-electron chi connectivity index (χ2n) is 5.36. The number of hydrogen-bond acceptors (Lipinski definition) is 2. The van der Waals surface area contributed by atoms with Gasteiger partial charge in [0, 0.05) is 5.69 Å². The maximum absolute atomic E-state index is 13.1. The molecule has 1 heterocycles. The molecule has 20 heavy (non-hydrogen) atoms. The zero-order valence-corrected chi connectivity index (χ0v) is 12.4. The van der Waals surface area contributed by atoms with Crippen molar-refractivity contribution in [1.82, 2.24) is 5.32 Å². The lowest BCUT2D eigenvalue weighted by atomic mass is 9.74. The Kier molecular flexibility index (Phi) is 5.00. The van der Waals surface area contributed by atoms with Crippen LogP contribution in [-0.2, 0) is 4.79 Å². The van der Waals surface area contributed by atoms with Crippen molar-refractivity contribution in [2.24, 2.45) is 5.41 Å². The SMILES string of the molecule is CCCC1(C(=O)Nc2ccc(F)c(Cl)c2)CCNCC1. The molecule has 0 atom stereocenters. The molecule has 0 bridgehead atoms. The van der Waals surface area contributed by atoms with Crippen molar-refractivity contribution in [2.45, 2.75) is 32.6 Å². The van der Waals surface area contributed by atoms with Crippen LogP contribution in [-0.4, -0.2) is 19.0 Å². The van der Waals surface area contributed by atoms with E-state index in [1.165, 1.54) is 12.1 Å². The van der Waals surface area contributed by atoms with Gasteiger partial charge in [0.1, 0.15) is 5.82 Å². The molecule has 5 heteroatoms. The summed E-state index contributed by atoms with van der Waals surface area (Å²) in [5.74, 6) is -0.460. The minimum atomic E-state index is -0.477. The van der Waals surface area contributed by atoms with E-state index in [2.05, 4.69) is 17.6 Å². The van der Waals surface area contributed by atoms with Gasteiger partial charge in [-0.2, -0.15) is 0 Å². The largest absolute Gasteiger partial charge is 0.326 e. The second kappa shape index (κ2) is 6.55. The van der Waals surface area contributed by atoms with Crippen LogP contribution in [0.5, 0.6) is 0 Å². The van der Waals surface area contributed by atoms with Crippen molar-refractivity contribution in [3.63, 3.8) is 0 Å². The predicted octanol–water partition coefficient (Wildman–Crippen LogP) is 3.59. The standard InChI is InChI=1S/C15H20ClFN2O/c1-2-5-15(6-8-18-9-7-15)14(20)19-11-3-4-13(17)12(16)10-11/h3-4,10,18H,2,5-9H2,1H3,(H,19,20). The topological polar surface area (TPSA) is 41.1 Å². The molecule has 1 aliphatic heterocycles. The third-order valence-electron chi connectivity index (χ3n) is 3.95. The first-order valence-electron chi connectivity index (χ1n) is 7.04. The van der Waals surface area contributed by atoms with Gasteiger partial charge in [-0.15, -0.1) is 0 Å². The molecule has 1 fully saturated rings. The Morgan fingerprint density at radius 1 is 1.45 bits per heavy atom. The van der Waals surface area contributed by atoms with Crippen LogP contribution in [0, 0.1) is 11.2 Å². The van der Waals surface area contributed by atoms with Gasteiger partial charge in [0.05, 0.1) is 10.4 Å². The number of nitrogens with one attached hydrogen (secondary N) is 2. The van der Waals surface area contributed by atoms with Crippen molar-refractivity contribution in [3.05, 3.63) is 29.0 Å². The number of amides is 1. The summed E-state index contributed by atoms with van der Waals surface area (Å²) >= 11 is 5.74. The Morgan fingerprint density at radius 2 is 2.15 bits per heavy atom. The fraction of sp³-hybridized carbons (Fsp3) is 0.533. The normalized spacial score (nSPS) is 17.8. The highest BCUT2D eigenvalue weighted by atomic mass is 35.5. The van der Waals surface area contributed by atoms with Gasteiger partial charge in [0.25, 0.3) is 0 Å². The number of carbonyl (C=O) groups is 1. The number of hydrogen-bond donors (Lipinski definition) is 2. The third-order valence-corrected chi connectivity index (χ3v) is 4.24. The van der Waals surface area contributed by atoms with Gasteiger partial charge in [0.2, 0.25) is 5.91 Å². The van der Waals surface area contributed by atoms with E-state index in [1.54, 1.807) is 6.07 Å². The van der Waals surface area contributed by atoms with Crippen molar-refractivity contribution >= 4 is 23.2 Å². The van der Waals surface area contributed by atoms with Crippen molar-refractivity contribution in [1.29, 1.82) is 0 Å². The number of anilines is 1. The smallest absolute Gasteiger partial charge is 0.230 e. The highest BCUT2D eigenvalue weighted by Gasteiger charge is 2.38. The molecule has 0 radical (unpaired) electrons. The van der Waals surface area contributed by atoms with E-state index < -0.39 is 5.82 Å². The molecule has 1 saturated heterocycles. The quantitative estimate of drug-likeness (QED) is 0.892. The van der Waals surface area contributed by atoms with Gasteiger partial charge < -0.3 is 10.6 Å². The Balaban J connectivity index is 2.13. The van der Waals surface area contributed by atoms with Gasteiger partial charge in [0.15, 0.2) is 0 Å². The molecule has 3 nitrogen and oxygen atoms in total. The van der Waals surface area contributed by atoms with Crippen LogP contribution in [0.1, 0.15) is 32.6 Å². The summed E-state index contributed by atoms with van der Waals surface area (Å²) in [6, 6.07) is 4.27. The molecule has 1 aromatic carbocycles. The van der Waals surface area contributed by atoms with Gasteiger partial charge >= 0.3 is 0 Å². The molecule has 1 aliphatic rings. The Hall–Kier alpha value is -1.13. The van der Waals surface area contributed by atoms with Gasteiger partial charge in [-0.05, 0) is 50.6 Å². The molecule has 0 saturated carbocycles. The van der Waals surface area contributed by atoms with E-state index in [0.29, 0.717) is 5.69 Å². The molecule has 110 valence electrons. The maximum Gasteiger partial charge on any atom is 0.230 e. The lowest BCUT2D eigenvalue weighted by molar-refractivity contribution is -0.127. The lowest BCUT2D eigenvalue weighted by Gasteiger charge is -2.36. The highest BCUT2D eigenvalue weighted by molar-refractivity contribution is 6.31. The minimum Gasteiger partial charge on any atom is -0.326 e. The average molecular weight is 299 g/mol. The van der Waals surface area contributed by atoms with Crippen molar-refractivity contribution in [2.75, 3.05) is 18.4 Å². The molecule has 0 aliphatic carbocycles. The summed E-state index contributed by atoms with van der Waals surface area (Å²) in [5, 5.41) is 6.20. The summed E-state index contributed by atoms with van der Waals surface area (Å²) in [5.41, 5.74) is 0.233.